The summed E-state index contributed by atoms with van der Waals surface area (Å²) in [6.07, 6.45) is -1.01. The van der Waals surface area contributed by atoms with Gasteiger partial charge in [0.1, 0.15) is 0 Å². The highest BCUT2D eigenvalue weighted by Gasteiger charge is 2.38. The van der Waals surface area contributed by atoms with Crippen molar-refractivity contribution in [1.29, 1.82) is 0 Å². The van der Waals surface area contributed by atoms with Crippen LogP contribution in [0.5, 0.6) is 0 Å². The highest BCUT2D eigenvalue weighted by Crippen LogP contribution is 2.37. The highest BCUT2D eigenvalue weighted by molar-refractivity contribution is 5.91. The molecule has 0 aromatic heterocycles. The van der Waals surface area contributed by atoms with Gasteiger partial charge in [0.25, 0.3) is 11.8 Å². The van der Waals surface area contributed by atoms with E-state index >= 15 is 0 Å². The van der Waals surface area contributed by atoms with Crippen molar-refractivity contribution in [3.63, 3.8) is 0 Å². The van der Waals surface area contributed by atoms with Crippen LogP contribution in [-0.2, 0) is 22.7 Å². The van der Waals surface area contributed by atoms with Gasteiger partial charge >= 0.3 is 0 Å². The van der Waals surface area contributed by atoms with Crippen molar-refractivity contribution in [3.8, 4) is 0 Å². The lowest BCUT2D eigenvalue weighted by Crippen LogP contribution is -2.52. The predicted molar refractivity (Wildman–Crippen MR) is 131 cm³/mol. The first-order valence-electron chi connectivity index (χ1n) is 11.9. The van der Waals surface area contributed by atoms with E-state index in [1.807, 2.05) is 48.5 Å². The molecule has 2 aliphatic heterocycles. The van der Waals surface area contributed by atoms with Gasteiger partial charge < -0.3 is 31.1 Å². The molecule has 182 valence electrons. The lowest BCUT2D eigenvalue weighted by atomic mass is 9.76. The number of hydrogen-bond acceptors (Lipinski definition) is 6. The maximum absolute atomic E-state index is 12.7. The third-order valence-corrected chi connectivity index (χ3v) is 7.46. The van der Waals surface area contributed by atoms with Gasteiger partial charge in [0, 0.05) is 32.7 Å². The first kappa shape index (κ1) is 24.0. The zero-order chi connectivity index (χ0) is 24.3. The van der Waals surface area contributed by atoms with E-state index in [1.165, 1.54) is 4.90 Å². The number of piperidine rings is 1. The Labute approximate surface area is 200 Å². The molecule has 0 bridgehead atoms. The number of amides is 2. The molecular formula is C26H34N4O4. The van der Waals surface area contributed by atoms with Crippen molar-refractivity contribution in [2.75, 3.05) is 30.3 Å². The van der Waals surface area contributed by atoms with Crippen LogP contribution in [0.25, 0.3) is 0 Å². The third-order valence-electron chi connectivity index (χ3n) is 7.46. The topological polar surface area (TPSA) is 119 Å². The molecule has 2 aliphatic rings. The Morgan fingerprint density at radius 2 is 1.59 bits per heavy atom. The second kappa shape index (κ2) is 10.0. The zero-order valence-electron chi connectivity index (χ0n) is 19.6. The molecule has 2 atom stereocenters. The minimum absolute atomic E-state index is 0.110. The quantitative estimate of drug-likeness (QED) is 0.461. The van der Waals surface area contributed by atoms with Crippen LogP contribution in [-0.4, -0.2) is 58.8 Å². The molecule has 2 aromatic rings. The summed E-state index contributed by atoms with van der Waals surface area (Å²) >= 11 is 0. The van der Waals surface area contributed by atoms with Crippen LogP contribution in [0.1, 0.15) is 37.3 Å². The van der Waals surface area contributed by atoms with Crippen LogP contribution in [0.2, 0.25) is 0 Å². The smallest absolute Gasteiger partial charge is 0.255 e. The van der Waals surface area contributed by atoms with Gasteiger partial charge in [-0.05, 0) is 47.9 Å². The number of hydrogen-bond donors (Lipinski definition) is 4. The highest BCUT2D eigenvalue weighted by atomic mass is 16.3. The van der Waals surface area contributed by atoms with Crippen LogP contribution in [0, 0.1) is 5.41 Å². The first-order valence-corrected chi connectivity index (χ1v) is 11.9. The normalized spacial score (nSPS) is 18.8. The van der Waals surface area contributed by atoms with Crippen molar-refractivity contribution in [2.24, 2.45) is 5.41 Å². The molecule has 34 heavy (non-hydrogen) atoms. The molecule has 1 saturated heterocycles. The molecule has 8 nitrogen and oxygen atoms in total. The van der Waals surface area contributed by atoms with Crippen molar-refractivity contribution >= 4 is 23.2 Å². The Balaban J connectivity index is 1.30. The molecule has 0 unspecified atom stereocenters. The van der Waals surface area contributed by atoms with Gasteiger partial charge in [0.2, 0.25) is 0 Å². The number of carbonyl (C=O) groups is 2. The lowest BCUT2D eigenvalue weighted by Gasteiger charge is -2.43. The second-order valence-electron chi connectivity index (χ2n) is 9.47. The SMILES string of the molecule is CCC1(CNC(=O)[C@H](O)[C@@H](O)C(=O)N2Cc3ccccc3C2)CCN(c2ccccc2N)CC1. The average molecular weight is 467 g/mol. The number of rotatable bonds is 7. The van der Waals surface area contributed by atoms with Crippen LogP contribution < -0.4 is 16.0 Å². The van der Waals surface area contributed by atoms with E-state index in [1.54, 1.807) is 0 Å². The molecule has 0 aliphatic carbocycles. The summed E-state index contributed by atoms with van der Waals surface area (Å²) in [6, 6.07) is 15.5. The van der Waals surface area contributed by atoms with Crippen molar-refractivity contribution in [1.82, 2.24) is 10.2 Å². The molecule has 0 radical (unpaired) electrons. The molecule has 1 fully saturated rings. The first-order chi connectivity index (χ1) is 16.3. The number of anilines is 2. The predicted octanol–water partition coefficient (Wildman–Crippen LogP) is 1.65. The molecule has 2 heterocycles. The minimum Gasteiger partial charge on any atom is -0.397 e. The number of aliphatic hydroxyl groups is 2. The third kappa shape index (κ3) is 4.88. The molecule has 0 saturated carbocycles. The van der Waals surface area contributed by atoms with Gasteiger partial charge in [-0.2, -0.15) is 0 Å². The summed E-state index contributed by atoms with van der Waals surface area (Å²) in [7, 11) is 0. The minimum atomic E-state index is -1.81. The van der Waals surface area contributed by atoms with Gasteiger partial charge in [-0.3, -0.25) is 9.59 Å². The van der Waals surface area contributed by atoms with Crippen LogP contribution in [0.15, 0.2) is 48.5 Å². The largest absolute Gasteiger partial charge is 0.397 e. The lowest BCUT2D eigenvalue weighted by molar-refractivity contribution is -0.153. The molecule has 2 aromatic carbocycles. The van der Waals surface area contributed by atoms with Crippen LogP contribution in [0.4, 0.5) is 11.4 Å². The number of nitrogens with one attached hydrogen (secondary N) is 1. The maximum atomic E-state index is 12.7. The second-order valence-corrected chi connectivity index (χ2v) is 9.47. The fourth-order valence-electron chi connectivity index (χ4n) is 4.99. The number of carbonyl (C=O) groups excluding carboxylic acids is 2. The number of fused-ring (bicyclic) bond motifs is 1. The van der Waals surface area contributed by atoms with Crippen molar-refractivity contribution < 1.29 is 19.8 Å². The van der Waals surface area contributed by atoms with Gasteiger partial charge in [-0.1, -0.05) is 43.3 Å². The van der Waals surface area contributed by atoms with Crippen LogP contribution in [0.3, 0.4) is 0 Å². The fraction of sp³-hybridized carbons (Fsp3) is 0.462. The van der Waals surface area contributed by atoms with Gasteiger partial charge in [0.05, 0.1) is 11.4 Å². The summed E-state index contributed by atoms with van der Waals surface area (Å²) in [5.41, 5.74) is 9.81. The fourth-order valence-corrected chi connectivity index (χ4v) is 4.99. The van der Waals surface area contributed by atoms with Gasteiger partial charge in [0.15, 0.2) is 12.2 Å². The average Bonchev–Trinajstić information content (AvgIpc) is 3.31. The number of nitrogens with zero attached hydrogens (tertiary/aromatic N) is 2. The number of benzene rings is 2. The Hall–Kier alpha value is -3.10. The Morgan fingerprint density at radius 1 is 1.00 bits per heavy atom. The number of aliphatic hydroxyl groups excluding tert-OH is 2. The molecule has 4 rings (SSSR count). The summed E-state index contributed by atoms with van der Waals surface area (Å²) in [5.74, 6) is -1.36. The van der Waals surface area contributed by atoms with E-state index in [2.05, 4.69) is 17.1 Å². The molecule has 5 N–H and O–H groups in total. The van der Waals surface area contributed by atoms with E-state index in [4.69, 9.17) is 5.73 Å². The van der Waals surface area contributed by atoms with E-state index in [0.717, 1.165) is 54.9 Å². The summed E-state index contributed by atoms with van der Waals surface area (Å²) < 4.78 is 0. The van der Waals surface area contributed by atoms with E-state index < -0.39 is 24.0 Å². The molecule has 2 amide bonds. The molecule has 8 heteroatoms. The number of nitrogens with two attached hydrogens (primary N) is 1. The van der Waals surface area contributed by atoms with Gasteiger partial charge in [-0.25, -0.2) is 0 Å². The summed E-state index contributed by atoms with van der Waals surface area (Å²) in [5, 5.41) is 23.6. The van der Waals surface area contributed by atoms with E-state index in [9.17, 15) is 19.8 Å². The monoisotopic (exact) mass is 466 g/mol. The molecule has 0 spiro atoms. The van der Waals surface area contributed by atoms with Crippen molar-refractivity contribution in [2.45, 2.75) is 51.5 Å². The van der Waals surface area contributed by atoms with E-state index in [0.29, 0.717) is 19.6 Å². The summed E-state index contributed by atoms with van der Waals surface area (Å²) in [4.78, 5) is 29.1. The van der Waals surface area contributed by atoms with E-state index in [-0.39, 0.29) is 5.41 Å². The zero-order valence-corrected chi connectivity index (χ0v) is 19.6. The Kier molecular flexibility index (Phi) is 7.09. The maximum Gasteiger partial charge on any atom is 0.255 e. The number of para-hydroxylation sites is 2. The Bertz CT molecular complexity index is 1010. The van der Waals surface area contributed by atoms with Gasteiger partial charge in [-0.15, -0.1) is 0 Å². The van der Waals surface area contributed by atoms with Crippen LogP contribution >= 0.6 is 0 Å². The van der Waals surface area contributed by atoms with Crippen molar-refractivity contribution in [3.05, 3.63) is 59.7 Å². The molecular weight excluding hydrogens is 432 g/mol. The standard InChI is InChI=1S/C26H34N4O4/c1-2-26(11-13-29(14-12-26)21-10-6-5-9-20(21)27)17-28-24(33)22(31)23(32)25(34)30-15-18-7-3-4-8-19(18)16-30/h3-10,22-23,31-32H,2,11-17,27H2,1H3,(H,28,33)/t22-,23-/m1/s1. The number of nitrogen functional groups attached to an aromatic ring is 1. The summed E-state index contributed by atoms with van der Waals surface area (Å²) in [6.45, 7) is 4.84. The Morgan fingerprint density at radius 3 is 2.18 bits per heavy atom.